The van der Waals surface area contributed by atoms with Crippen LogP contribution >= 0.6 is 0 Å². The first-order chi connectivity index (χ1) is 11.5. The van der Waals surface area contributed by atoms with Crippen molar-refractivity contribution in [1.29, 1.82) is 0 Å². The molecular formula is C19H16F3NO. The highest BCUT2D eigenvalue weighted by Crippen LogP contribution is 2.31. The van der Waals surface area contributed by atoms with Crippen molar-refractivity contribution in [3.05, 3.63) is 71.3 Å². The van der Waals surface area contributed by atoms with E-state index in [0.717, 1.165) is 11.6 Å². The lowest BCUT2D eigenvalue weighted by molar-refractivity contribution is -0.137. The van der Waals surface area contributed by atoms with E-state index in [1.807, 2.05) is 30.3 Å². The highest BCUT2D eigenvalue weighted by Gasteiger charge is 2.32. The van der Waals surface area contributed by atoms with Crippen LogP contribution in [0.2, 0.25) is 0 Å². The van der Waals surface area contributed by atoms with Crippen LogP contribution in [0.5, 0.6) is 0 Å². The molecule has 0 saturated carbocycles. The minimum Gasteiger partial charge on any atom is -0.345 e. The zero-order chi connectivity index (χ0) is 17.4. The van der Waals surface area contributed by atoms with Crippen molar-refractivity contribution < 1.29 is 18.0 Å². The Balaban J connectivity index is 1.85. The number of nitrogens with one attached hydrogen (secondary N) is 1. The number of hydrogen-bond acceptors (Lipinski definition) is 1. The summed E-state index contributed by atoms with van der Waals surface area (Å²) < 4.78 is 38.4. The van der Waals surface area contributed by atoms with Crippen molar-refractivity contribution in [3.63, 3.8) is 0 Å². The first-order valence-corrected chi connectivity index (χ1v) is 7.42. The predicted molar refractivity (Wildman–Crippen MR) is 86.1 cm³/mol. The van der Waals surface area contributed by atoms with Gasteiger partial charge in [0.1, 0.15) is 0 Å². The van der Waals surface area contributed by atoms with Crippen LogP contribution in [0.3, 0.4) is 0 Å². The molecule has 1 N–H and O–H groups in total. The summed E-state index contributed by atoms with van der Waals surface area (Å²) in [6, 6.07) is 14.7. The molecule has 0 fully saturated rings. The van der Waals surface area contributed by atoms with Gasteiger partial charge in [-0.2, -0.15) is 13.2 Å². The van der Waals surface area contributed by atoms with Crippen molar-refractivity contribution in [1.82, 2.24) is 5.32 Å². The first kappa shape index (κ1) is 17.6. The minimum atomic E-state index is -4.44. The van der Waals surface area contributed by atoms with Crippen LogP contribution in [-0.2, 0) is 17.4 Å². The number of rotatable bonds is 4. The molecule has 0 atom stereocenters. The van der Waals surface area contributed by atoms with E-state index >= 15 is 0 Å². The molecule has 124 valence electrons. The first-order valence-electron chi connectivity index (χ1n) is 7.42. The van der Waals surface area contributed by atoms with E-state index < -0.39 is 11.7 Å². The van der Waals surface area contributed by atoms with Crippen LogP contribution in [-0.4, -0.2) is 12.5 Å². The Morgan fingerprint density at radius 2 is 1.67 bits per heavy atom. The summed E-state index contributed by atoms with van der Waals surface area (Å²) in [6.45, 7) is 0.0137. The fraction of sp³-hybridized carbons (Fsp3) is 0.211. The summed E-state index contributed by atoms with van der Waals surface area (Å²) >= 11 is 0. The number of aryl methyl sites for hydroxylation is 1. The van der Waals surface area contributed by atoms with Gasteiger partial charge < -0.3 is 5.32 Å². The maximum atomic E-state index is 12.8. The second kappa shape index (κ2) is 8.21. The number of carbonyl (C=O) groups is 1. The Hall–Kier alpha value is -2.74. The van der Waals surface area contributed by atoms with E-state index in [1.165, 1.54) is 18.2 Å². The van der Waals surface area contributed by atoms with Gasteiger partial charge in [-0.3, -0.25) is 4.79 Å². The summed E-state index contributed by atoms with van der Waals surface area (Å²) in [7, 11) is 0. The molecule has 0 radical (unpaired) electrons. The van der Waals surface area contributed by atoms with Crippen LogP contribution in [0.4, 0.5) is 13.2 Å². The number of hydrogen-bond donors (Lipinski definition) is 1. The molecule has 0 saturated heterocycles. The van der Waals surface area contributed by atoms with Gasteiger partial charge in [0.2, 0.25) is 5.91 Å². The number of benzene rings is 2. The molecule has 0 aliphatic rings. The average Bonchev–Trinajstić information content (AvgIpc) is 2.57. The highest BCUT2D eigenvalue weighted by atomic mass is 19.4. The van der Waals surface area contributed by atoms with E-state index in [2.05, 4.69) is 17.2 Å². The van der Waals surface area contributed by atoms with Crippen molar-refractivity contribution in [2.75, 3.05) is 6.54 Å². The topological polar surface area (TPSA) is 29.1 Å². The summed E-state index contributed by atoms with van der Waals surface area (Å²) in [5, 5.41) is 2.59. The van der Waals surface area contributed by atoms with Gasteiger partial charge in [0, 0.05) is 12.0 Å². The van der Waals surface area contributed by atoms with Crippen LogP contribution in [0.1, 0.15) is 23.1 Å². The molecule has 2 rings (SSSR count). The third-order valence-corrected chi connectivity index (χ3v) is 3.31. The normalized spacial score (nSPS) is 10.6. The molecule has 2 aromatic rings. The molecule has 0 unspecified atom stereocenters. The van der Waals surface area contributed by atoms with Gasteiger partial charge in [-0.05, 0) is 24.1 Å². The van der Waals surface area contributed by atoms with E-state index in [9.17, 15) is 18.0 Å². The molecule has 5 heteroatoms. The Labute approximate surface area is 138 Å². The third-order valence-electron chi connectivity index (χ3n) is 3.31. The second-order valence-corrected chi connectivity index (χ2v) is 5.11. The molecule has 0 aliphatic carbocycles. The number of amides is 1. The fourth-order valence-electron chi connectivity index (χ4n) is 2.11. The second-order valence-electron chi connectivity index (χ2n) is 5.11. The number of halogens is 3. The van der Waals surface area contributed by atoms with E-state index in [4.69, 9.17) is 0 Å². The summed E-state index contributed by atoms with van der Waals surface area (Å²) in [5.74, 6) is 4.84. The van der Waals surface area contributed by atoms with Crippen LogP contribution in [0.25, 0.3) is 0 Å². The summed E-state index contributed by atoms with van der Waals surface area (Å²) in [4.78, 5) is 11.7. The molecule has 0 spiro atoms. The summed E-state index contributed by atoms with van der Waals surface area (Å²) in [6.07, 6.45) is -3.52. The zero-order valence-electron chi connectivity index (χ0n) is 12.9. The maximum absolute atomic E-state index is 12.8. The Bertz CT molecular complexity index is 742. The molecule has 2 aromatic carbocycles. The van der Waals surface area contributed by atoms with Crippen LogP contribution in [0.15, 0.2) is 54.6 Å². The SMILES string of the molecule is O=C(CCc1ccccc1)NCC#Cc1ccccc1C(F)(F)F. The molecule has 0 aromatic heterocycles. The van der Waals surface area contributed by atoms with Crippen molar-refractivity contribution in [3.8, 4) is 11.8 Å². The monoisotopic (exact) mass is 331 g/mol. The van der Waals surface area contributed by atoms with Crippen molar-refractivity contribution in [2.24, 2.45) is 0 Å². The van der Waals surface area contributed by atoms with Gasteiger partial charge in [0.05, 0.1) is 12.1 Å². The number of alkyl halides is 3. The molecule has 0 aliphatic heterocycles. The summed E-state index contributed by atoms with van der Waals surface area (Å²) in [5.41, 5.74) is 0.189. The van der Waals surface area contributed by atoms with Gasteiger partial charge in [-0.25, -0.2) is 0 Å². The van der Waals surface area contributed by atoms with E-state index in [-0.39, 0.29) is 18.0 Å². The van der Waals surface area contributed by atoms with Gasteiger partial charge in [0.15, 0.2) is 0 Å². The smallest absolute Gasteiger partial charge is 0.345 e. The van der Waals surface area contributed by atoms with Gasteiger partial charge in [-0.15, -0.1) is 0 Å². The molecule has 2 nitrogen and oxygen atoms in total. The maximum Gasteiger partial charge on any atom is 0.417 e. The molecule has 0 bridgehead atoms. The zero-order valence-corrected chi connectivity index (χ0v) is 12.9. The van der Waals surface area contributed by atoms with Crippen molar-refractivity contribution >= 4 is 5.91 Å². The standard InChI is InChI=1S/C19H16F3NO/c20-19(21,22)17-11-5-4-9-16(17)10-6-14-23-18(24)13-12-15-7-2-1-3-8-15/h1-5,7-9,11H,12-14H2,(H,23,24). The number of carbonyl (C=O) groups excluding carboxylic acids is 1. The van der Waals surface area contributed by atoms with Crippen molar-refractivity contribution in [2.45, 2.75) is 19.0 Å². The lowest BCUT2D eigenvalue weighted by Crippen LogP contribution is -2.23. The fourth-order valence-corrected chi connectivity index (χ4v) is 2.11. The van der Waals surface area contributed by atoms with Crippen LogP contribution < -0.4 is 5.32 Å². The quantitative estimate of drug-likeness (QED) is 0.848. The minimum absolute atomic E-state index is 0.0137. The molecular weight excluding hydrogens is 315 g/mol. The van der Waals surface area contributed by atoms with E-state index in [0.29, 0.717) is 12.8 Å². The average molecular weight is 331 g/mol. The third kappa shape index (κ3) is 5.47. The van der Waals surface area contributed by atoms with Gasteiger partial charge in [-0.1, -0.05) is 54.3 Å². The Kier molecular flexibility index (Phi) is 6.02. The lowest BCUT2D eigenvalue weighted by atomic mass is 10.1. The van der Waals surface area contributed by atoms with Gasteiger partial charge in [0.25, 0.3) is 0 Å². The molecule has 24 heavy (non-hydrogen) atoms. The molecule has 1 amide bonds. The lowest BCUT2D eigenvalue weighted by Gasteiger charge is -2.08. The molecule has 0 heterocycles. The predicted octanol–water partition coefficient (Wildman–Crippen LogP) is 3.81. The van der Waals surface area contributed by atoms with Crippen LogP contribution in [0, 0.1) is 11.8 Å². The Morgan fingerprint density at radius 1 is 1.00 bits per heavy atom. The van der Waals surface area contributed by atoms with Gasteiger partial charge >= 0.3 is 6.18 Å². The Morgan fingerprint density at radius 3 is 2.38 bits per heavy atom. The van der Waals surface area contributed by atoms with E-state index in [1.54, 1.807) is 0 Å². The highest BCUT2D eigenvalue weighted by molar-refractivity contribution is 5.76. The largest absolute Gasteiger partial charge is 0.417 e.